The van der Waals surface area contributed by atoms with E-state index in [0.717, 1.165) is 0 Å². The van der Waals surface area contributed by atoms with E-state index in [2.05, 4.69) is 5.32 Å². The SMILES string of the molecule is CC(C)(C)OC(=O)Nc1cc(Cl)cc(C(=O)O)c1Cl. The van der Waals surface area contributed by atoms with E-state index in [9.17, 15) is 9.59 Å². The third-order valence-electron chi connectivity index (χ3n) is 1.90. The molecule has 0 aliphatic rings. The zero-order chi connectivity index (χ0) is 14.8. The number of halogens is 2. The van der Waals surface area contributed by atoms with E-state index in [-0.39, 0.29) is 21.3 Å². The van der Waals surface area contributed by atoms with Gasteiger partial charge in [0.1, 0.15) is 5.60 Å². The van der Waals surface area contributed by atoms with Crippen LogP contribution in [0.15, 0.2) is 12.1 Å². The number of aromatic carboxylic acids is 1. The lowest BCUT2D eigenvalue weighted by Crippen LogP contribution is -2.27. The van der Waals surface area contributed by atoms with Crippen LogP contribution in [-0.2, 0) is 4.74 Å². The molecule has 1 rings (SSSR count). The molecule has 7 heteroatoms. The summed E-state index contributed by atoms with van der Waals surface area (Å²) in [6, 6.07) is 2.55. The summed E-state index contributed by atoms with van der Waals surface area (Å²) in [5.74, 6) is -1.24. The van der Waals surface area contributed by atoms with E-state index in [1.54, 1.807) is 20.8 Å². The molecule has 104 valence electrons. The van der Waals surface area contributed by atoms with Gasteiger partial charge in [-0.15, -0.1) is 0 Å². The Balaban J connectivity index is 3.02. The predicted octanol–water partition coefficient (Wildman–Crippen LogP) is 4.04. The highest BCUT2D eigenvalue weighted by Gasteiger charge is 2.19. The Morgan fingerprint density at radius 1 is 1.26 bits per heavy atom. The maximum atomic E-state index is 11.6. The highest BCUT2D eigenvalue weighted by Crippen LogP contribution is 2.30. The normalized spacial score (nSPS) is 11.0. The molecule has 0 radical (unpaired) electrons. The molecule has 1 amide bonds. The van der Waals surface area contributed by atoms with Crippen molar-refractivity contribution < 1.29 is 19.4 Å². The molecular weight excluding hydrogens is 293 g/mol. The molecule has 0 spiro atoms. The standard InChI is InChI=1S/C12H13Cl2NO4/c1-12(2,3)19-11(18)15-8-5-6(13)4-7(9(8)14)10(16)17/h4-5H,1-3H3,(H,15,18)(H,16,17). The lowest BCUT2D eigenvalue weighted by atomic mass is 10.2. The third-order valence-corrected chi connectivity index (χ3v) is 2.53. The summed E-state index contributed by atoms with van der Waals surface area (Å²) in [5.41, 5.74) is -0.786. The Bertz CT molecular complexity index is 523. The van der Waals surface area contributed by atoms with Crippen LogP contribution >= 0.6 is 23.2 Å². The Morgan fingerprint density at radius 3 is 2.32 bits per heavy atom. The molecule has 0 atom stereocenters. The van der Waals surface area contributed by atoms with Gasteiger partial charge in [-0.1, -0.05) is 23.2 Å². The molecule has 0 aliphatic heterocycles. The molecule has 0 unspecified atom stereocenters. The fraction of sp³-hybridized carbons (Fsp3) is 0.333. The average Bonchev–Trinajstić information content (AvgIpc) is 2.19. The molecule has 1 aromatic carbocycles. The molecule has 0 heterocycles. The van der Waals surface area contributed by atoms with Gasteiger partial charge in [-0.25, -0.2) is 9.59 Å². The quantitative estimate of drug-likeness (QED) is 0.864. The smallest absolute Gasteiger partial charge is 0.412 e. The van der Waals surface area contributed by atoms with Gasteiger partial charge in [0.2, 0.25) is 0 Å². The second-order valence-corrected chi connectivity index (χ2v) is 5.56. The van der Waals surface area contributed by atoms with Gasteiger partial charge in [-0.05, 0) is 32.9 Å². The number of nitrogens with one attached hydrogen (secondary N) is 1. The second kappa shape index (κ2) is 5.67. The lowest BCUT2D eigenvalue weighted by molar-refractivity contribution is 0.0633. The number of carbonyl (C=O) groups excluding carboxylic acids is 1. The van der Waals surface area contributed by atoms with Crippen LogP contribution in [-0.4, -0.2) is 22.8 Å². The summed E-state index contributed by atoms with van der Waals surface area (Å²) < 4.78 is 5.04. The van der Waals surface area contributed by atoms with Gasteiger partial charge >= 0.3 is 12.1 Å². The van der Waals surface area contributed by atoms with Gasteiger partial charge in [-0.2, -0.15) is 0 Å². The van der Waals surface area contributed by atoms with Crippen LogP contribution in [0.5, 0.6) is 0 Å². The van der Waals surface area contributed by atoms with Gasteiger partial charge < -0.3 is 9.84 Å². The minimum absolute atomic E-state index is 0.0841. The summed E-state index contributed by atoms with van der Waals surface area (Å²) >= 11 is 11.6. The first kappa shape index (κ1) is 15.6. The number of amides is 1. The van der Waals surface area contributed by atoms with Crippen molar-refractivity contribution in [2.24, 2.45) is 0 Å². The van der Waals surface area contributed by atoms with Crippen molar-refractivity contribution in [1.29, 1.82) is 0 Å². The molecular formula is C12H13Cl2NO4. The van der Waals surface area contributed by atoms with Crippen LogP contribution in [0.25, 0.3) is 0 Å². The molecule has 0 aliphatic carbocycles. The number of rotatable bonds is 2. The number of carboxylic acid groups (broad SMARTS) is 1. The van der Waals surface area contributed by atoms with E-state index < -0.39 is 17.7 Å². The molecule has 0 bridgehead atoms. The van der Waals surface area contributed by atoms with Crippen LogP contribution in [0.4, 0.5) is 10.5 Å². The van der Waals surface area contributed by atoms with Crippen molar-refractivity contribution in [2.45, 2.75) is 26.4 Å². The van der Waals surface area contributed by atoms with Gasteiger partial charge in [0.15, 0.2) is 0 Å². The molecule has 19 heavy (non-hydrogen) atoms. The van der Waals surface area contributed by atoms with E-state index >= 15 is 0 Å². The van der Waals surface area contributed by atoms with Crippen molar-refractivity contribution in [2.75, 3.05) is 5.32 Å². The van der Waals surface area contributed by atoms with E-state index in [4.69, 9.17) is 33.0 Å². The number of hydrogen-bond acceptors (Lipinski definition) is 3. The molecule has 0 aromatic heterocycles. The van der Waals surface area contributed by atoms with Crippen LogP contribution < -0.4 is 5.32 Å². The van der Waals surface area contributed by atoms with E-state index in [0.29, 0.717) is 0 Å². The number of anilines is 1. The first-order chi connectivity index (χ1) is 8.60. The monoisotopic (exact) mass is 305 g/mol. The van der Waals surface area contributed by atoms with Crippen molar-refractivity contribution >= 4 is 41.0 Å². The van der Waals surface area contributed by atoms with Gasteiger partial charge in [-0.3, -0.25) is 5.32 Å². The third kappa shape index (κ3) is 4.61. The Hall–Kier alpha value is -1.46. The maximum Gasteiger partial charge on any atom is 0.412 e. The summed E-state index contributed by atoms with van der Waals surface area (Å²) in [4.78, 5) is 22.5. The topological polar surface area (TPSA) is 75.6 Å². The highest BCUT2D eigenvalue weighted by molar-refractivity contribution is 6.38. The Kier molecular flexibility index (Phi) is 4.66. The summed E-state index contributed by atoms with van der Waals surface area (Å²) in [6.45, 7) is 5.11. The number of benzene rings is 1. The zero-order valence-corrected chi connectivity index (χ0v) is 12.1. The average molecular weight is 306 g/mol. The van der Waals surface area contributed by atoms with Crippen molar-refractivity contribution in [3.63, 3.8) is 0 Å². The summed E-state index contributed by atoms with van der Waals surface area (Å²) in [7, 11) is 0. The van der Waals surface area contributed by atoms with E-state index in [1.165, 1.54) is 12.1 Å². The maximum absolute atomic E-state index is 11.6. The highest BCUT2D eigenvalue weighted by atomic mass is 35.5. The predicted molar refractivity (Wildman–Crippen MR) is 73.3 cm³/mol. The van der Waals surface area contributed by atoms with Crippen LogP contribution in [0.3, 0.4) is 0 Å². The second-order valence-electron chi connectivity index (χ2n) is 4.75. The molecule has 5 nitrogen and oxygen atoms in total. The molecule has 1 aromatic rings. The largest absolute Gasteiger partial charge is 0.478 e. The lowest BCUT2D eigenvalue weighted by Gasteiger charge is -2.20. The molecule has 2 N–H and O–H groups in total. The first-order valence-corrected chi connectivity index (χ1v) is 6.08. The molecule has 0 saturated heterocycles. The molecule has 0 saturated carbocycles. The van der Waals surface area contributed by atoms with Gasteiger partial charge in [0.05, 0.1) is 16.3 Å². The van der Waals surface area contributed by atoms with Crippen LogP contribution in [0, 0.1) is 0 Å². The number of carbonyl (C=O) groups is 2. The van der Waals surface area contributed by atoms with Gasteiger partial charge in [0, 0.05) is 5.02 Å². The fourth-order valence-electron chi connectivity index (χ4n) is 1.25. The Labute approximate surface area is 120 Å². The number of carboxylic acids is 1. The summed E-state index contributed by atoms with van der Waals surface area (Å²) in [6.07, 6.45) is -0.743. The zero-order valence-electron chi connectivity index (χ0n) is 10.6. The van der Waals surface area contributed by atoms with Gasteiger partial charge in [0.25, 0.3) is 0 Å². The summed E-state index contributed by atoms with van der Waals surface area (Å²) in [5, 5.41) is 11.3. The Morgan fingerprint density at radius 2 is 1.84 bits per heavy atom. The fourth-order valence-corrected chi connectivity index (χ4v) is 1.70. The van der Waals surface area contributed by atoms with E-state index in [1.807, 2.05) is 0 Å². The number of ether oxygens (including phenoxy) is 1. The van der Waals surface area contributed by atoms with Crippen LogP contribution in [0.2, 0.25) is 10.0 Å². The minimum atomic E-state index is -1.24. The van der Waals surface area contributed by atoms with Crippen LogP contribution in [0.1, 0.15) is 31.1 Å². The van der Waals surface area contributed by atoms with Crippen molar-refractivity contribution in [3.05, 3.63) is 27.7 Å². The number of hydrogen-bond donors (Lipinski definition) is 2. The molecule has 0 fully saturated rings. The van der Waals surface area contributed by atoms with Crippen molar-refractivity contribution in [3.8, 4) is 0 Å². The minimum Gasteiger partial charge on any atom is -0.478 e. The van der Waals surface area contributed by atoms with Crippen molar-refractivity contribution in [1.82, 2.24) is 0 Å². The first-order valence-electron chi connectivity index (χ1n) is 5.32.